The molecular weight excluding hydrogens is 308 g/mol. The summed E-state index contributed by atoms with van der Waals surface area (Å²) in [7, 11) is 0. The Kier molecular flexibility index (Phi) is 7.54. The number of unbranched alkanes of at least 4 members (excludes halogenated alkanes) is 4. The van der Waals surface area contributed by atoms with Crippen LogP contribution in [0.4, 0.5) is 0 Å². The van der Waals surface area contributed by atoms with E-state index >= 15 is 0 Å². The van der Waals surface area contributed by atoms with Gasteiger partial charge in [-0.25, -0.2) is 0 Å². The third-order valence-electron chi connectivity index (χ3n) is 3.93. The SMILES string of the molecule is CCCCCCCOc1ccc(OCCCl)c2cc(C)ccc12. The first-order valence-electron chi connectivity index (χ1n) is 8.61. The van der Waals surface area contributed by atoms with E-state index in [1.54, 1.807) is 0 Å². The van der Waals surface area contributed by atoms with Crippen LogP contribution >= 0.6 is 11.6 Å². The molecule has 23 heavy (non-hydrogen) atoms. The molecule has 0 aliphatic carbocycles. The van der Waals surface area contributed by atoms with Crippen LogP contribution in [0.3, 0.4) is 0 Å². The van der Waals surface area contributed by atoms with Gasteiger partial charge in [-0.1, -0.05) is 50.3 Å². The van der Waals surface area contributed by atoms with Crippen molar-refractivity contribution in [3.8, 4) is 11.5 Å². The van der Waals surface area contributed by atoms with Crippen LogP contribution in [0.25, 0.3) is 10.8 Å². The molecule has 0 radical (unpaired) electrons. The predicted octanol–water partition coefficient (Wildman–Crippen LogP) is 6.12. The molecule has 0 amide bonds. The average Bonchev–Trinajstić information content (AvgIpc) is 2.56. The number of rotatable bonds is 10. The van der Waals surface area contributed by atoms with Crippen molar-refractivity contribution in [2.75, 3.05) is 19.1 Å². The van der Waals surface area contributed by atoms with Gasteiger partial charge in [-0.15, -0.1) is 11.6 Å². The van der Waals surface area contributed by atoms with Crippen LogP contribution in [-0.2, 0) is 0 Å². The van der Waals surface area contributed by atoms with Crippen LogP contribution in [0, 0.1) is 6.92 Å². The van der Waals surface area contributed by atoms with Crippen LogP contribution in [-0.4, -0.2) is 19.1 Å². The molecule has 2 aromatic carbocycles. The lowest BCUT2D eigenvalue weighted by Crippen LogP contribution is -2.01. The highest BCUT2D eigenvalue weighted by atomic mass is 35.5. The molecule has 0 spiro atoms. The van der Waals surface area contributed by atoms with Gasteiger partial charge in [-0.3, -0.25) is 0 Å². The maximum absolute atomic E-state index is 6.02. The summed E-state index contributed by atoms with van der Waals surface area (Å²) in [6, 6.07) is 10.4. The van der Waals surface area contributed by atoms with Crippen molar-refractivity contribution in [1.29, 1.82) is 0 Å². The van der Waals surface area contributed by atoms with Crippen molar-refractivity contribution in [3.63, 3.8) is 0 Å². The third kappa shape index (κ3) is 5.31. The van der Waals surface area contributed by atoms with E-state index in [2.05, 4.69) is 32.0 Å². The molecule has 3 heteroatoms. The Morgan fingerprint density at radius 2 is 1.52 bits per heavy atom. The molecule has 0 N–H and O–H groups in total. The molecule has 0 unspecified atom stereocenters. The largest absolute Gasteiger partial charge is 0.493 e. The van der Waals surface area contributed by atoms with Gasteiger partial charge in [0.2, 0.25) is 0 Å². The van der Waals surface area contributed by atoms with E-state index in [9.17, 15) is 0 Å². The highest BCUT2D eigenvalue weighted by molar-refractivity contribution is 6.18. The van der Waals surface area contributed by atoms with Crippen LogP contribution in [0.2, 0.25) is 0 Å². The van der Waals surface area contributed by atoms with E-state index < -0.39 is 0 Å². The van der Waals surface area contributed by atoms with Gasteiger partial charge >= 0.3 is 0 Å². The zero-order valence-corrected chi connectivity index (χ0v) is 15.0. The summed E-state index contributed by atoms with van der Waals surface area (Å²) in [5.74, 6) is 2.30. The van der Waals surface area contributed by atoms with Crippen LogP contribution < -0.4 is 9.47 Å². The van der Waals surface area contributed by atoms with Crippen molar-refractivity contribution >= 4 is 22.4 Å². The number of alkyl halides is 1. The number of ether oxygens (including phenoxy) is 2. The van der Waals surface area contributed by atoms with Gasteiger partial charge in [0, 0.05) is 10.8 Å². The van der Waals surface area contributed by atoms with Gasteiger partial charge in [0.1, 0.15) is 18.1 Å². The van der Waals surface area contributed by atoms with Crippen LogP contribution in [0.15, 0.2) is 30.3 Å². The molecule has 0 saturated heterocycles. The Morgan fingerprint density at radius 1 is 0.826 bits per heavy atom. The van der Waals surface area contributed by atoms with Crippen molar-refractivity contribution < 1.29 is 9.47 Å². The molecule has 0 aliphatic rings. The number of hydrogen-bond donors (Lipinski definition) is 0. The Labute approximate surface area is 144 Å². The highest BCUT2D eigenvalue weighted by Gasteiger charge is 2.08. The van der Waals surface area contributed by atoms with E-state index in [1.807, 2.05) is 12.1 Å². The van der Waals surface area contributed by atoms with Crippen LogP contribution in [0.1, 0.15) is 44.6 Å². The Hall–Kier alpha value is -1.41. The topological polar surface area (TPSA) is 18.5 Å². The fourth-order valence-electron chi connectivity index (χ4n) is 2.70. The summed E-state index contributed by atoms with van der Waals surface area (Å²) in [6.07, 6.45) is 6.23. The van der Waals surface area contributed by atoms with Gasteiger partial charge in [-0.2, -0.15) is 0 Å². The quantitative estimate of drug-likeness (QED) is 0.385. The molecule has 0 fully saturated rings. The monoisotopic (exact) mass is 334 g/mol. The second kappa shape index (κ2) is 9.67. The summed E-state index contributed by atoms with van der Waals surface area (Å²) in [5.41, 5.74) is 1.21. The third-order valence-corrected chi connectivity index (χ3v) is 4.09. The zero-order valence-electron chi connectivity index (χ0n) is 14.2. The standard InChI is InChI=1S/C20H27ClO2/c1-3-4-5-6-7-13-22-19-10-11-20(23-14-12-21)18-15-16(2)8-9-17(18)19/h8-11,15H,3-7,12-14H2,1-2H3. The first kappa shape index (κ1) is 17.9. The van der Waals surface area contributed by atoms with E-state index in [4.69, 9.17) is 21.1 Å². The van der Waals surface area contributed by atoms with Gasteiger partial charge in [0.15, 0.2) is 0 Å². The maximum atomic E-state index is 6.02. The van der Waals surface area contributed by atoms with Gasteiger partial charge in [-0.05, 0) is 31.5 Å². The zero-order chi connectivity index (χ0) is 16.5. The highest BCUT2D eigenvalue weighted by Crippen LogP contribution is 2.34. The number of benzene rings is 2. The maximum Gasteiger partial charge on any atom is 0.127 e. The lowest BCUT2D eigenvalue weighted by molar-refractivity contribution is 0.307. The van der Waals surface area contributed by atoms with E-state index in [0.29, 0.717) is 12.5 Å². The van der Waals surface area contributed by atoms with Gasteiger partial charge in [0.05, 0.1) is 12.5 Å². The van der Waals surface area contributed by atoms with Gasteiger partial charge in [0.25, 0.3) is 0 Å². The molecule has 2 aromatic rings. The second-order valence-corrected chi connectivity index (χ2v) is 6.29. The molecule has 126 valence electrons. The number of fused-ring (bicyclic) bond motifs is 1. The normalized spacial score (nSPS) is 10.9. The number of halogens is 1. The molecule has 0 atom stereocenters. The Balaban J connectivity index is 2.08. The summed E-state index contributed by atoms with van der Waals surface area (Å²) in [6.45, 7) is 5.61. The van der Waals surface area contributed by atoms with E-state index in [1.165, 1.54) is 31.2 Å². The summed E-state index contributed by atoms with van der Waals surface area (Å²) in [5, 5.41) is 2.20. The van der Waals surface area contributed by atoms with Crippen molar-refractivity contribution in [3.05, 3.63) is 35.9 Å². The minimum absolute atomic E-state index is 0.489. The van der Waals surface area contributed by atoms with Crippen molar-refractivity contribution in [1.82, 2.24) is 0 Å². The van der Waals surface area contributed by atoms with E-state index in [0.717, 1.165) is 35.3 Å². The average molecular weight is 335 g/mol. The molecule has 0 aromatic heterocycles. The van der Waals surface area contributed by atoms with Crippen molar-refractivity contribution in [2.24, 2.45) is 0 Å². The lowest BCUT2D eigenvalue weighted by atomic mass is 10.1. The molecule has 0 aliphatic heterocycles. The van der Waals surface area contributed by atoms with Crippen LogP contribution in [0.5, 0.6) is 11.5 Å². The van der Waals surface area contributed by atoms with E-state index in [-0.39, 0.29) is 0 Å². The molecule has 0 heterocycles. The van der Waals surface area contributed by atoms with Gasteiger partial charge < -0.3 is 9.47 Å². The lowest BCUT2D eigenvalue weighted by Gasteiger charge is -2.13. The molecule has 2 rings (SSSR count). The first-order chi connectivity index (χ1) is 11.3. The fraction of sp³-hybridized carbons (Fsp3) is 0.500. The minimum atomic E-state index is 0.489. The summed E-state index contributed by atoms with van der Waals surface area (Å²) < 4.78 is 11.8. The summed E-state index contributed by atoms with van der Waals surface area (Å²) >= 11 is 5.74. The number of aryl methyl sites for hydroxylation is 1. The molecule has 0 saturated carbocycles. The fourth-order valence-corrected chi connectivity index (χ4v) is 2.77. The second-order valence-electron chi connectivity index (χ2n) is 5.91. The molecule has 2 nitrogen and oxygen atoms in total. The minimum Gasteiger partial charge on any atom is -0.493 e. The smallest absolute Gasteiger partial charge is 0.127 e. The number of hydrogen-bond acceptors (Lipinski definition) is 2. The first-order valence-corrected chi connectivity index (χ1v) is 9.14. The van der Waals surface area contributed by atoms with Crippen molar-refractivity contribution in [2.45, 2.75) is 46.0 Å². The Morgan fingerprint density at radius 3 is 2.26 bits per heavy atom. The summed E-state index contributed by atoms with van der Waals surface area (Å²) in [4.78, 5) is 0. The Bertz CT molecular complexity index is 610. The predicted molar refractivity (Wildman–Crippen MR) is 99.2 cm³/mol. The molecule has 0 bridgehead atoms. The molecular formula is C20H27ClO2.